The van der Waals surface area contributed by atoms with Crippen LogP contribution in [0.25, 0.3) is 0 Å². The van der Waals surface area contributed by atoms with Gasteiger partial charge in [0.15, 0.2) is 0 Å². The van der Waals surface area contributed by atoms with Gasteiger partial charge in [0.25, 0.3) is 0 Å². The first-order chi connectivity index (χ1) is 9.49. The molecular formula is C15H23F3N2. The first-order valence-electron chi connectivity index (χ1n) is 7.19. The number of rotatable bonds is 8. The van der Waals surface area contributed by atoms with Crippen molar-refractivity contribution in [3.05, 3.63) is 29.6 Å². The Labute approximate surface area is 118 Å². The molecule has 0 aliphatic heterocycles. The second kappa shape index (κ2) is 8.25. The highest BCUT2D eigenvalue weighted by molar-refractivity contribution is 5.18. The summed E-state index contributed by atoms with van der Waals surface area (Å²) in [4.78, 5) is 3.95. The normalized spacial score (nSPS) is 13.4. The quantitative estimate of drug-likeness (QED) is 0.700. The summed E-state index contributed by atoms with van der Waals surface area (Å²) in [6.45, 7) is 2.17. The topological polar surface area (TPSA) is 24.9 Å². The molecule has 1 unspecified atom stereocenters. The van der Waals surface area contributed by atoms with Crippen molar-refractivity contribution in [1.29, 1.82) is 0 Å². The van der Waals surface area contributed by atoms with Gasteiger partial charge in [-0.05, 0) is 25.6 Å². The molecule has 0 radical (unpaired) electrons. The van der Waals surface area contributed by atoms with E-state index in [0.29, 0.717) is 5.69 Å². The standard InChI is InChI=1S/C15H23F3N2/c1-3-4-5-6-7-8-13(19-2)14-10-9-12(11-20-14)15(16,17)18/h9-11,13,19H,3-8H2,1-2H3. The predicted octanol–water partition coefficient (Wildman–Crippen LogP) is 4.72. The molecule has 0 aliphatic carbocycles. The predicted molar refractivity (Wildman–Crippen MR) is 74.4 cm³/mol. The van der Waals surface area contributed by atoms with Gasteiger partial charge < -0.3 is 5.32 Å². The first kappa shape index (κ1) is 17.0. The average Bonchev–Trinajstić information content (AvgIpc) is 2.42. The van der Waals surface area contributed by atoms with Gasteiger partial charge in [-0.2, -0.15) is 13.2 Å². The van der Waals surface area contributed by atoms with Crippen molar-refractivity contribution in [2.45, 2.75) is 57.7 Å². The highest BCUT2D eigenvalue weighted by Crippen LogP contribution is 2.29. The Morgan fingerprint density at radius 2 is 1.85 bits per heavy atom. The van der Waals surface area contributed by atoms with Crippen LogP contribution in [0.2, 0.25) is 0 Å². The number of aromatic nitrogens is 1. The molecule has 114 valence electrons. The maximum atomic E-state index is 12.5. The molecule has 0 saturated carbocycles. The number of nitrogens with one attached hydrogen (secondary N) is 1. The van der Waals surface area contributed by atoms with E-state index in [-0.39, 0.29) is 6.04 Å². The molecule has 0 aliphatic rings. The molecule has 0 spiro atoms. The molecule has 0 saturated heterocycles. The van der Waals surface area contributed by atoms with Crippen LogP contribution in [0.4, 0.5) is 13.2 Å². The van der Waals surface area contributed by atoms with Gasteiger partial charge in [-0.1, -0.05) is 39.0 Å². The Balaban J connectivity index is 2.53. The summed E-state index contributed by atoms with van der Waals surface area (Å²) < 4.78 is 37.4. The number of halogens is 3. The Morgan fingerprint density at radius 3 is 2.35 bits per heavy atom. The van der Waals surface area contributed by atoms with Gasteiger partial charge >= 0.3 is 6.18 Å². The van der Waals surface area contributed by atoms with Crippen molar-refractivity contribution >= 4 is 0 Å². The fourth-order valence-corrected chi connectivity index (χ4v) is 2.17. The van der Waals surface area contributed by atoms with Crippen LogP contribution < -0.4 is 5.32 Å². The smallest absolute Gasteiger partial charge is 0.312 e. The van der Waals surface area contributed by atoms with Crippen LogP contribution in [0.15, 0.2) is 18.3 Å². The van der Waals surface area contributed by atoms with Crippen LogP contribution in [0.3, 0.4) is 0 Å². The van der Waals surface area contributed by atoms with Crippen molar-refractivity contribution in [3.8, 4) is 0 Å². The zero-order valence-electron chi connectivity index (χ0n) is 12.1. The summed E-state index contributed by atoms with van der Waals surface area (Å²) in [5, 5.41) is 3.12. The fourth-order valence-electron chi connectivity index (χ4n) is 2.17. The lowest BCUT2D eigenvalue weighted by Gasteiger charge is -2.16. The molecule has 2 nitrogen and oxygen atoms in total. The number of hydrogen-bond acceptors (Lipinski definition) is 2. The molecular weight excluding hydrogens is 265 g/mol. The van der Waals surface area contributed by atoms with E-state index in [1.54, 1.807) is 0 Å². The molecule has 1 aromatic heterocycles. The van der Waals surface area contributed by atoms with Crippen LogP contribution in [-0.4, -0.2) is 12.0 Å². The second-order valence-corrected chi connectivity index (χ2v) is 5.01. The van der Waals surface area contributed by atoms with Gasteiger partial charge in [-0.3, -0.25) is 4.98 Å². The van der Waals surface area contributed by atoms with Crippen LogP contribution in [0, 0.1) is 0 Å². The highest BCUT2D eigenvalue weighted by atomic mass is 19.4. The lowest BCUT2D eigenvalue weighted by Crippen LogP contribution is -2.18. The molecule has 1 aromatic rings. The number of hydrogen-bond donors (Lipinski definition) is 1. The first-order valence-corrected chi connectivity index (χ1v) is 7.19. The van der Waals surface area contributed by atoms with Crippen LogP contribution in [-0.2, 0) is 6.18 Å². The van der Waals surface area contributed by atoms with E-state index in [0.717, 1.165) is 31.5 Å². The fraction of sp³-hybridized carbons (Fsp3) is 0.667. The Kier molecular flexibility index (Phi) is 6.99. The molecule has 1 rings (SSSR count). The van der Waals surface area contributed by atoms with Crippen LogP contribution in [0.1, 0.15) is 62.7 Å². The minimum atomic E-state index is -4.32. The molecule has 0 aromatic carbocycles. The zero-order chi connectivity index (χ0) is 15.0. The Bertz CT molecular complexity index is 374. The Hall–Kier alpha value is -1.10. The third-order valence-electron chi connectivity index (χ3n) is 3.42. The van der Waals surface area contributed by atoms with E-state index >= 15 is 0 Å². The molecule has 1 heterocycles. The minimum Gasteiger partial charge on any atom is -0.312 e. The van der Waals surface area contributed by atoms with Gasteiger partial charge in [0, 0.05) is 12.2 Å². The SMILES string of the molecule is CCCCCCCC(NC)c1ccc(C(F)(F)F)cn1. The summed E-state index contributed by atoms with van der Waals surface area (Å²) in [7, 11) is 1.82. The molecule has 1 N–H and O–H groups in total. The van der Waals surface area contributed by atoms with Crippen LogP contribution >= 0.6 is 0 Å². The van der Waals surface area contributed by atoms with E-state index in [1.807, 2.05) is 7.05 Å². The number of alkyl halides is 3. The average molecular weight is 288 g/mol. The van der Waals surface area contributed by atoms with E-state index < -0.39 is 11.7 Å². The van der Waals surface area contributed by atoms with Gasteiger partial charge in [-0.15, -0.1) is 0 Å². The van der Waals surface area contributed by atoms with Crippen molar-refractivity contribution < 1.29 is 13.2 Å². The summed E-state index contributed by atoms with van der Waals surface area (Å²) in [6, 6.07) is 2.60. The van der Waals surface area contributed by atoms with E-state index in [4.69, 9.17) is 0 Å². The van der Waals surface area contributed by atoms with Gasteiger partial charge in [0.05, 0.1) is 11.3 Å². The second-order valence-electron chi connectivity index (χ2n) is 5.01. The summed E-state index contributed by atoms with van der Waals surface area (Å²) in [5.41, 5.74) is -0.0185. The van der Waals surface area contributed by atoms with E-state index in [2.05, 4.69) is 17.2 Å². The molecule has 0 fully saturated rings. The largest absolute Gasteiger partial charge is 0.417 e. The molecule has 20 heavy (non-hydrogen) atoms. The van der Waals surface area contributed by atoms with E-state index in [9.17, 15) is 13.2 Å². The van der Waals surface area contributed by atoms with Crippen molar-refractivity contribution in [2.75, 3.05) is 7.05 Å². The zero-order valence-corrected chi connectivity index (χ0v) is 12.1. The monoisotopic (exact) mass is 288 g/mol. The van der Waals surface area contributed by atoms with E-state index in [1.165, 1.54) is 25.3 Å². The highest BCUT2D eigenvalue weighted by Gasteiger charge is 2.30. The number of unbranched alkanes of at least 4 members (excludes halogenated alkanes) is 4. The molecule has 1 atom stereocenters. The Morgan fingerprint density at radius 1 is 1.15 bits per heavy atom. The number of pyridine rings is 1. The lowest BCUT2D eigenvalue weighted by molar-refractivity contribution is -0.137. The van der Waals surface area contributed by atoms with Gasteiger partial charge in [0.1, 0.15) is 0 Å². The number of nitrogens with zero attached hydrogens (tertiary/aromatic N) is 1. The third-order valence-corrected chi connectivity index (χ3v) is 3.42. The summed E-state index contributed by atoms with van der Waals surface area (Å²) in [6.07, 6.45) is 3.38. The third kappa shape index (κ3) is 5.49. The summed E-state index contributed by atoms with van der Waals surface area (Å²) in [5.74, 6) is 0. The lowest BCUT2D eigenvalue weighted by atomic mass is 10.0. The minimum absolute atomic E-state index is 0.0268. The molecule has 5 heteroatoms. The van der Waals surface area contributed by atoms with Crippen molar-refractivity contribution in [1.82, 2.24) is 10.3 Å². The maximum Gasteiger partial charge on any atom is 0.417 e. The van der Waals surface area contributed by atoms with Gasteiger partial charge in [-0.25, -0.2) is 0 Å². The van der Waals surface area contributed by atoms with Crippen LogP contribution in [0.5, 0.6) is 0 Å². The van der Waals surface area contributed by atoms with Gasteiger partial charge in [0.2, 0.25) is 0 Å². The maximum absolute atomic E-state index is 12.5. The summed E-state index contributed by atoms with van der Waals surface area (Å²) >= 11 is 0. The molecule has 0 amide bonds. The van der Waals surface area contributed by atoms with Crippen molar-refractivity contribution in [2.24, 2.45) is 0 Å². The van der Waals surface area contributed by atoms with Crippen molar-refractivity contribution in [3.63, 3.8) is 0 Å². The molecule has 0 bridgehead atoms.